The molecule has 2 rings (SSSR count). The van der Waals surface area contributed by atoms with Gasteiger partial charge in [-0.3, -0.25) is 16.7 Å². The number of hydrogen-bond acceptors (Lipinski definition) is 12. The Morgan fingerprint density at radius 3 is 1.11 bits per heavy atom. The fourth-order valence-corrected chi connectivity index (χ4v) is 8.88. The van der Waals surface area contributed by atoms with E-state index >= 15 is 0 Å². The Morgan fingerprint density at radius 2 is 0.778 bits per heavy atom. The molecule has 12 nitrogen and oxygen atoms in total. The molecule has 214 valence electrons. The van der Waals surface area contributed by atoms with Gasteiger partial charge in [-0.05, 0) is 38.5 Å². The summed E-state index contributed by atoms with van der Waals surface area (Å²) in [5.74, 6) is -3.00. The summed E-state index contributed by atoms with van der Waals surface area (Å²) < 4.78 is 115. The average Bonchev–Trinajstić information content (AvgIpc) is 2.80. The minimum atomic E-state index is -4.13. The molecule has 36 heavy (non-hydrogen) atoms. The van der Waals surface area contributed by atoms with E-state index in [9.17, 15) is 33.7 Å². The summed E-state index contributed by atoms with van der Waals surface area (Å²) in [5.41, 5.74) is 0. The van der Waals surface area contributed by atoms with Gasteiger partial charge in [0.2, 0.25) is 0 Å². The van der Waals surface area contributed by atoms with Gasteiger partial charge < -0.3 is 0 Å². The summed E-state index contributed by atoms with van der Waals surface area (Å²) in [5, 5.41) is 0. The lowest BCUT2D eigenvalue weighted by Gasteiger charge is -2.21. The van der Waals surface area contributed by atoms with E-state index in [0.29, 0.717) is 38.5 Å². The predicted molar refractivity (Wildman–Crippen MR) is 132 cm³/mol. The maximum absolute atomic E-state index is 12.0. The molecule has 0 aromatic heterocycles. The van der Waals surface area contributed by atoms with Crippen molar-refractivity contribution in [1.82, 2.24) is 0 Å². The Morgan fingerprint density at radius 1 is 0.444 bits per heavy atom. The van der Waals surface area contributed by atoms with Crippen LogP contribution in [0.3, 0.4) is 0 Å². The second-order valence-electron chi connectivity index (χ2n) is 9.24. The Bertz CT molecular complexity index is 982. The fourth-order valence-electron chi connectivity index (χ4n) is 4.09. The third-order valence-electron chi connectivity index (χ3n) is 5.95. The third kappa shape index (κ3) is 14.0. The van der Waals surface area contributed by atoms with Crippen molar-refractivity contribution < 1.29 is 50.4 Å². The summed E-state index contributed by atoms with van der Waals surface area (Å²) in [4.78, 5) is 0. The molecule has 16 heteroatoms. The van der Waals surface area contributed by atoms with E-state index in [1.54, 1.807) is 0 Å². The lowest BCUT2D eigenvalue weighted by atomic mass is 9.98. The highest BCUT2D eigenvalue weighted by atomic mass is 32.2. The Balaban J connectivity index is 1.59. The topological polar surface area (TPSA) is 173 Å². The Labute approximate surface area is 215 Å². The van der Waals surface area contributed by atoms with Gasteiger partial charge in [0.1, 0.15) is 0 Å². The van der Waals surface area contributed by atoms with Gasteiger partial charge in [-0.1, -0.05) is 51.4 Å². The molecule has 2 aliphatic carbocycles. The van der Waals surface area contributed by atoms with Crippen molar-refractivity contribution in [3.63, 3.8) is 0 Å². The normalized spacial score (nSPS) is 19.4. The first-order chi connectivity index (χ1) is 16.8. The van der Waals surface area contributed by atoms with Crippen LogP contribution < -0.4 is 0 Å². The molecular formula is C20H38O12S4. The number of rotatable bonds is 17. The highest BCUT2D eigenvalue weighted by Gasteiger charge is 2.26. The van der Waals surface area contributed by atoms with Crippen LogP contribution in [0.1, 0.15) is 89.9 Å². The quantitative estimate of drug-likeness (QED) is 0.177. The molecule has 0 atom stereocenters. The molecule has 0 N–H and O–H groups in total. The molecule has 0 aromatic rings. The molecule has 0 amide bonds. The zero-order valence-electron chi connectivity index (χ0n) is 20.4. The van der Waals surface area contributed by atoms with Gasteiger partial charge in [-0.15, -0.1) is 0 Å². The van der Waals surface area contributed by atoms with E-state index in [4.69, 9.17) is 8.37 Å². The van der Waals surface area contributed by atoms with Crippen LogP contribution >= 0.6 is 0 Å². The minimum absolute atomic E-state index is 0.135. The molecule has 2 aliphatic rings. The van der Waals surface area contributed by atoms with Crippen molar-refractivity contribution in [3.05, 3.63) is 0 Å². The standard InChI is InChI=1S/C20H38O12S4/c21-33(22,29-17-35(25,26)31-19-11-5-3-6-12-19)15-9-1-2-10-16-34(23,24)30-18-36(27,28)32-20-13-7-4-8-14-20/h19-20H,1-18H2. The van der Waals surface area contributed by atoms with E-state index in [1.807, 2.05) is 0 Å². The van der Waals surface area contributed by atoms with Gasteiger partial charge in [0.25, 0.3) is 40.5 Å². The monoisotopic (exact) mass is 598 g/mol. The van der Waals surface area contributed by atoms with Crippen molar-refractivity contribution in [3.8, 4) is 0 Å². The van der Waals surface area contributed by atoms with Crippen LogP contribution in [0, 0.1) is 0 Å². The summed E-state index contributed by atoms with van der Waals surface area (Å²) in [6, 6.07) is 0. The lowest BCUT2D eigenvalue weighted by Crippen LogP contribution is -2.25. The van der Waals surface area contributed by atoms with Gasteiger partial charge >= 0.3 is 0 Å². The summed E-state index contributed by atoms with van der Waals surface area (Å²) in [6.45, 7) is 0. The maximum atomic E-state index is 12.0. The minimum Gasteiger partial charge on any atom is -0.265 e. The molecule has 0 saturated heterocycles. The van der Waals surface area contributed by atoms with Crippen LogP contribution in [0.25, 0.3) is 0 Å². The van der Waals surface area contributed by atoms with Gasteiger partial charge in [0.05, 0.1) is 23.7 Å². The van der Waals surface area contributed by atoms with Crippen molar-refractivity contribution in [2.24, 2.45) is 0 Å². The number of unbranched alkanes of at least 4 members (excludes halogenated alkanes) is 3. The molecule has 0 aliphatic heterocycles. The summed E-state index contributed by atoms with van der Waals surface area (Å²) in [6.07, 6.45) is 7.97. The van der Waals surface area contributed by atoms with Crippen LogP contribution in [0.5, 0.6) is 0 Å². The first-order valence-electron chi connectivity index (χ1n) is 12.3. The first kappa shape index (κ1) is 31.9. The zero-order chi connectivity index (χ0) is 26.7. The molecule has 0 bridgehead atoms. The van der Waals surface area contributed by atoms with Gasteiger partial charge in [-0.2, -0.15) is 33.7 Å². The fraction of sp³-hybridized carbons (Fsp3) is 1.00. The predicted octanol–water partition coefficient (Wildman–Crippen LogP) is 2.51. The third-order valence-corrected chi connectivity index (χ3v) is 10.7. The van der Waals surface area contributed by atoms with Gasteiger partial charge in [-0.25, -0.2) is 0 Å². The Hall–Kier alpha value is -0.360. The average molecular weight is 599 g/mol. The molecule has 0 unspecified atom stereocenters. The van der Waals surface area contributed by atoms with Crippen LogP contribution in [-0.4, -0.2) is 69.3 Å². The molecule has 0 spiro atoms. The van der Waals surface area contributed by atoms with E-state index < -0.39 is 76.1 Å². The molecule has 0 aromatic carbocycles. The molecule has 2 fully saturated rings. The van der Waals surface area contributed by atoms with Gasteiger partial charge in [0.15, 0.2) is 11.9 Å². The zero-order valence-corrected chi connectivity index (χ0v) is 23.7. The van der Waals surface area contributed by atoms with Crippen molar-refractivity contribution in [1.29, 1.82) is 0 Å². The molecule has 0 heterocycles. The van der Waals surface area contributed by atoms with Crippen molar-refractivity contribution >= 4 is 40.5 Å². The van der Waals surface area contributed by atoms with E-state index in [1.165, 1.54) is 0 Å². The summed E-state index contributed by atoms with van der Waals surface area (Å²) >= 11 is 0. The first-order valence-corrected chi connectivity index (χ1v) is 18.6. The van der Waals surface area contributed by atoms with E-state index in [-0.39, 0.29) is 12.8 Å². The Kier molecular flexibility index (Phi) is 13.0. The second-order valence-corrected chi connectivity index (χ2v) is 15.8. The number of hydrogen-bond donors (Lipinski definition) is 0. The van der Waals surface area contributed by atoms with E-state index in [2.05, 4.69) is 8.37 Å². The van der Waals surface area contributed by atoms with Crippen LogP contribution in [0.4, 0.5) is 0 Å². The van der Waals surface area contributed by atoms with Crippen LogP contribution in [0.2, 0.25) is 0 Å². The van der Waals surface area contributed by atoms with Crippen LogP contribution in [-0.2, 0) is 57.2 Å². The van der Waals surface area contributed by atoms with E-state index in [0.717, 1.165) is 38.5 Å². The molecular weight excluding hydrogens is 560 g/mol. The highest BCUT2D eigenvalue weighted by Crippen LogP contribution is 2.23. The van der Waals surface area contributed by atoms with Crippen molar-refractivity contribution in [2.75, 3.05) is 23.4 Å². The largest absolute Gasteiger partial charge is 0.293 e. The second kappa shape index (κ2) is 14.7. The smallest absolute Gasteiger partial charge is 0.265 e. The van der Waals surface area contributed by atoms with Crippen molar-refractivity contribution in [2.45, 2.75) is 102 Å². The highest BCUT2D eigenvalue weighted by molar-refractivity contribution is 7.90. The SMILES string of the molecule is O=S(=O)(CCCCCCS(=O)(=O)OCS(=O)(=O)OC1CCCCC1)OCS(=O)(=O)OC1CCCCC1. The summed E-state index contributed by atoms with van der Waals surface area (Å²) in [7, 11) is -16.4. The van der Waals surface area contributed by atoms with Gasteiger partial charge in [0, 0.05) is 0 Å². The maximum Gasteiger partial charge on any atom is 0.293 e. The lowest BCUT2D eigenvalue weighted by molar-refractivity contribution is 0.156. The molecule has 2 saturated carbocycles. The van der Waals surface area contributed by atoms with Crippen LogP contribution in [0.15, 0.2) is 0 Å². The molecule has 0 radical (unpaired) electrons.